The number of nitrogens with one attached hydrogen (secondary N) is 2. The summed E-state index contributed by atoms with van der Waals surface area (Å²) < 4.78 is 41.5. The summed E-state index contributed by atoms with van der Waals surface area (Å²) in [6.07, 6.45) is 1.04. The number of carbonyl (C=O) groups is 1. The van der Waals surface area contributed by atoms with Crippen LogP contribution in [0.2, 0.25) is 0 Å². The third-order valence-corrected chi connectivity index (χ3v) is 6.29. The molecule has 0 fully saturated rings. The molecule has 4 rings (SSSR count). The lowest BCUT2D eigenvalue weighted by Crippen LogP contribution is -2.53. The van der Waals surface area contributed by atoms with E-state index in [0.29, 0.717) is 12.1 Å². The predicted octanol–water partition coefficient (Wildman–Crippen LogP) is 4.40. The molecular weight excluding hydrogens is 439 g/mol. The van der Waals surface area contributed by atoms with Crippen molar-refractivity contribution in [3.05, 3.63) is 94.3 Å². The normalized spacial score (nSPS) is 16.0. The molecule has 178 valence electrons. The molecule has 1 amide bonds. The van der Waals surface area contributed by atoms with Crippen molar-refractivity contribution in [3.63, 3.8) is 0 Å². The van der Waals surface area contributed by atoms with E-state index in [1.165, 1.54) is 36.8 Å². The van der Waals surface area contributed by atoms with Crippen molar-refractivity contribution >= 4 is 5.91 Å². The standard InChI is InChI=1S/C27H28F3N3O/c1-3-16-4-6-21-22-7-5-18(28)13-24(22)27(23(21)10-16)32-14-25(31)26(33-15(2)34)11-17-8-19(29)12-20(30)9-17/h4-10,12-13,25-27,32H,3,11,14,31H2,1-2H3,(H,33,34)/t25-,26+,27?/m1/s1. The zero-order valence-corrected chi connectivity index (χ0v) is 19.2. The highest BCUT2D eigenvalue weighted by molar-refractivity contribution is 5.79. The largest absolute Gasteiger partial charge is 0.352 e. The summed E-state index contributed by atoms with van der Waals surface area (Å²) in [5, 5.41) is 6.24. The molecule has 3 atom stereocenters. The fourth-order valence-electron chi connectivity index (χ4n) is 4.67. The van der Waals surface area contributed by atoms with E-state index in [2.05, 4.69) is 35.8 Å². The van der Waals surface area contributed by atoms with E-state index in [1.807, 2.05) is 0 Å². The second-order valence-corrected chi connectivity index (χ2v) is 8.80. The third-order valence-electron chi connectivity index (χ3n) is 6.29. The Bertz CT molecular complexity index is 1190. The summed E-state index contributed by atoms with van der Waals surface area (Å²) in [5.74, 6) is -1.97. The van der Waals surface area contributed by atoms with Crippen LogP contribution in [0.5, 0.6) is 0 Å². The fourth-order valence-corrected chi connectivity index (χ4v) is 4.67. The Morgan fingerprint density at radius 1 is 0.912 bits per heavy atom. The van der Waals surface area contributed by atoms with E-state index >= 15 is 0 Å². The summed E-state index contributed by atoms with van der Waals surface area (Å²) in [6, 6.07) is 12.9. The molecule has 34 heavy (non-hydrogen) atoms. The molecule has 1 aliphatic carbocycles. The molecule has 7 heteroatoms. The van der Waals surface area contributed by atoms with E-state index in [-0.39, 0.29) is 24.2 Å². The highest BCUT2D eigenvalue weighted by Crippen LogP contribution is 2.44. The van der Waals surface area contributed by atoms with Crippen LogP contribution in [0.25, 0.3) is 11.1 Å². The minimum Gasteiger partial charge on any atom is -0.352 e. The van der Waals surface area contributed by atoms with Gasteiger partial charge in [-0.1, -0.05) is 31.2 Å². The maximum Gasteiger partial charge on any atom is 0.217 e. The average Bonchev–Trinajstić information content (AvgIpc) is 3.07. The molecule has 4 nitrogen and oxygen atoms in total. The topological polar surface area (TPSA) is 67.2 Å². The Morgan fingerprint density at radius 2 is 1.56 bits per heavy atom. The van der Waals surface area contributed by atoms with Crippen LogP contribution in [-0.4, -0.2) is 24.5 Å². The number of aryl methyl sites for hydroxylation is 1. The van der Waals surface area contributed by atoms with Gasteiger partial charge in [0.05, 0.1) is 6.04 Å². The van der Waals surface area contributed by atoms with Crippen molar-refractivity contribution in [2.75, 3.05) is 6.54 Å². The number of rotatable bonds is 8. The minimum absolute atomic E-state index is 0.170. The molecule has 0 bridgehead atoms. The van der Waals surface area contributed by atoms with Crippen molar-refractivity contribution < 1.29 is 18.0 Å². The van der Waals surface area contributed by atoms with E-state index in [9.17, 15) is 18.0 Å². The third kappa shape index (κ3) is 5.16. The Kier molecular flexibility index (Phi) is 7.05. The minimum atomic E-state index is -0.684. The van der Waals surface area contributed by atoms with Gasteiger partial charge < -0.3 is 16.4 Å². The first kappa shape index (κ1) is 24.0. The first-order valence-corrected chi connectivity index (χ1v) is 11.4. The molecule has 4 N–H and O–H groups in total. The fraction of sp³-hybridized carbons (Fsp3) is 0.296. The number of hydrogen-bond acceptors (Lipinski definition) is 3. The number of halogens is 3. The Balaban J connectivity index is 1.57. The van der Waals surface area contributed by atoms with E-state index in [0.717, 1.165) is 34.7 Å². The molecule has 0 spiro atoms. The van der Waals surface area contributed by atoms with E-state index < -0.39 is 23.7 Å². The number of carbonyl (C=O) groups excluding carboxylic acids is 1. The number of amides is 1. The molecule has 0 aliphatic heterocycles. The lowest BCUT2D eigenvalue weighted by atomic mass is 9.98. The Hall–Kier alpha value is -3.16. The summed E-state index contributed by atoms with van der Waals surface area (Å²) in [7, 11) is 0. The van der Waals surface area contributed by atoms with Gasteiger partial charge in [0.25, 0.3) is 0 Å². The van der Waals surface area contributed by atoms with Gasteiger partial charge in [0.15, 0.2) is 0 Å². The maximum atomic E-state index is 14.1. The quantitative estimate of drug-likeness (QED) is 0.460. The van der Waals surface area contributed by atoms with Crippen molar-refractivity contribution in [1.82, 2.24) is 10.6 Å². The molecule has 3 aromatic rings. The van der Waals surface area contributed by atoms with Crippen LogP contribution < -0.4 is 16.4 Å². The van der Waals surface area contributed by atoms with Gasteiger partial charge in [-0.2, -0.15) is 0 Å². The number of hydrogen-bond donors (Lipinski definition) is 3. The zero-order chi connectivity index (χ0) is 24.4. The van der Waals surface area contributed by atoms with Crippen molar-refractivity contribution in [1.29, 1.82) is 0 Å². The summed E-state index contributed by atoms with van der Waals surface area (Å²) in [5.41, 5.74) is 11.9. The molecule has 1 unspecified atom stereocenters. The molecule has 3 aromatic carbocycles. The van der Waals surface area contributed by atoms with Crippen molar-refractivity contribution in [3.8, 4) is 11.1 Å². The highest BCUT2D eigenvalue weighted by atomic mass is 19.1. The van der Waals surface area contributed by atoms with Crippen LogP contribution in [0.3, 0.4) is 0 Å². The SMILES string of the molecule is CCc1ccc2c(c1)C(NC[C@@H](N)[C@H](Cc1cc(F)cc(F)c1)NC(C)=O)c1cc(F)ccc1-2. The number of fused-ring (bicyclic) bond motifs is 3. The van der Waals surface area contributed by atoms with Crippen LogP contribution in [0.1, 0.15) is 42.1 Å². The van der Waals surface area contributed by atoms with E-state index in [4.69, 9.17) is 5.73 Å². The second kappa shape index (κ2) is 9.99. The molecule has 0 saturated carbocycles. The first-order chi connectivity index (χ1) is 16.2. The van der Waals surface area contributed by atoms with Gasteiger partial charge in [-0.05, 0) is 70.5 Å². The Labute approximate surface area is 197 Å². The molecule has 0 saturated heterocycles. The van der Waals surface area contributed by atoms with Gasteiger partial charge in [0.2, 0.25) is 5.91 Å². The maximum absolute atomic E-state index is 14.1. The van der Waals surface area contributed by atoms with Gasteiger partial charge in [0, 0.05) is 31.6 Å². The van der Waals surface area contributed by atoms with Gasteiger partial charge in [0.1, 0.15) is 17.5 Å². The molecule has 0 heterocycles. The van der Waals surface area contributed by atoms with Crippen molar-refractivity contribution in [2.24, 2.45) is 5.73 Å². The second-order valence-electron chi connectivity index (χ2n) is 8.80. The number of nitrogens with two attached hydrogens (primary N) is 1. The smallest absolute Gasteiger partial charge is 0.217 e. The molecule has 0 aromatic heterocycles. The first-order valence-electron chi connectivity index (χ1n) is 11.4. The monoisotopic (exact) mass is 467 g/mol. The van der Waals surface area contributed by atoms with Gasteiger partial charge >= 0.3 is 0 Å². The molecule has 1 aliphatic rings. The van der Waals surface area contributed by atoms with Crippen LogP contribution in [-0.2, 0) is 17.6 Å². The highest BCUT2D eigenvalue weighted by Gasteiger charge is 2.30. The molecule has 0 radical (unpaired) electrons. The lowest BCUT2D eigenvalue weighted by molar-refractivity contribution is -0.119. The predicted molar refractivity (Wildman–Crippen MR) is 127 cm³/mol. The lowest BCUT2D eigenvalue weighted by Gasteiger charge is -2.27. The van der Waals surface area contributed by atoms with Crippen LogP contribution in [0, 0.1) is 17.5 Å². The average molecular weight is 468 g/mol. The number of benzene rings is 3. The Morgan fingerprint density at radius 3 is 2.21 bits per heavy atom. The summed E-state index contributed by atoms with van der Waals surface area (Å²) in [6.45, 7) is 3.74. The summed E-state index contributed by atoms with van der Waals surface area (Å²) >= 11 is 0. The zero-order valence-electron chi connectivity index (χ0n) is 19.2. The van der Waals surface area contributed by atoms with Crippen molar-refractivity contribution in [2.45, 2.75) is 44.8 Å². The van der Waals surface area contributed by atoms with E-state index in [1.54, 1.807) is 6.07 Å². The summed E-state index contributed by atoms with van der Waals surface area (Å²) in [4.78, 5) is 11.8. The van der Waals surface area contributed by atoms with Gasteiger partial charge in [-0.15, -0.1) is 0 Å². The van der Waals surface area contributed by atoms with Crippen LogP contribution >= 0.6 is 0 Å². The van der Waals surface area contributed by atoms with Gasteiger partial charge in [-0.25, -0.2) is 13.2 Å². The van der Waals surface area contributed by atoms with Crippen LogP contribution in [0.4, 0.5) is 13.2 Å². The molecular formula is C27H28F3N3O. The van der Waals surface area contributed by atoms with Crippen LogP contribution in [0.15, 0.2) is 54.6 Å². The van der Waals surface area contributed by atoms with Gasteiger partial charge in [-0.3, -0.25) is 4.79 Å².